The molecule has 0 aliphatic carbocycles. The number of carbonyl (C=O) groups excluding carboxylic acids is 1. The van der Waals surface area contributed by atoms with E-state index in [1.54, 1.807) is 6.07 Å². The third kappa shape index (κ3) is 1.91. The van der Waals surface area contributed by atoms with E-state index in [0.29, 0.717) is 5.56 Å². The fourth-order valence-electron chi connectivity index (χ4n) is 3.22. The molecule has 0 radical (unpaired) electrons. The van der Waals surface area contributed by atoms with E-state index in [2.05, 4.69) is 11.4 Å². The fourth-order valence-corrected chi connectivity index (χ4v) is 3.22. The van der Waals surface area contributed by atoms with Crippen molar-refractivity contribution in [2.24, 2.45) is 5.41 Å². The lowest BCUT2D eigenvalue weighted by molar-refractivity contribution is -0.126. The normalized spacial score (nSPS) is 21.6. The largest absolute Gasteiger partial charge is 0.317 e. The number of hydrogen-bond acceptors (Lipinski definition) is 3. The minimum absolute atomic E-state index is 0.187. The average Bonchev–Trinajstić information content (AvgIpc) is 2.77. The minimum atomic E-state index is -0.187. The van der Waals surface area contributed by atoms with Gasteiger partial charge in [-0.05, 0) is 44.5 Å². The third-order valence-corrected chi connectivity index (χ3v) is 4.39. The second-order valence-electron chi connectivity index (χ2n) is 5.37. The number of carbonyl (C=O) groups is 1. The Balaban J connectivity index is 1.92. The molecule has 2 aliphatic rings. The molecule has 1 aromatic rings. The van der Waals surface area contributed by atoms with Crippen molar-refractivity contribution in [2.45, 2.75) is 19.3 Å². The SMILES string of the molecule is N#Cc1ccccc1N1CCC2(CCNCC2)C1=O. The van der Waals surface area contributed by atoms with Crippen molar-refractivity contribution >= 4 is 11.6 Å². The summed E-state index contributed by atoms with van der Waals surface area (Å²) < 4.78 is 0. The summed E-state index contributed by atoms with van der Waals surface area (Å²) in [6.07, 6.45) is 2.74. The molecule has 0 bridgehead atoms. The first-order valence-electron chi connectivity index (χ1n) is 6.79. The number of nitriles is 1. The molecule has 0 saturated carbocycles. The lowest BCUT2D eigenvalue weighted by Crippen LogP contribution is -2.42. The zero-order chi connectivity index (χ0) is 13.3. The van der Waals surface area contributed by atoms with Crippen LogP contribution in [0.5, 0.6) is 0 Å². The van der Waals surface area contributed by atoms with Crippen LogP contribution in [0.25, 0.3) is 0 Å². The molecular formula is C15H17N3O. The van der Waals surface area contributed by atoms with Crippen molar-refractivity contribution in [3.8, 4) is 6.07 Å². The molecule has 2 fully saturated rings. The Hall–Kier alpha value is -1.86. The quantitative estimate of drug-likeness (QED) is 0.830. The Morgan fingerprint density at radius 2 is 1.95 bits per heavy atom. The lowest BCUT2D eigenvalue weighted by Gasteiger charge is -2.32. The Morgan fingerprint density at radius 1 is 1.21 bits per heavy atom. The summed E-state index contributed by atoms with van der Waals surface area (Å²) in [5.74, 6) is 0.205. The Bertz CT molecular complexity index is 541. The van der Waals surface area contributed by atoms with Gasteiger partial charge < -0.3 is 10.2 Å². The second kappa shape index (κ2) is 4.67. The zero-order valence-corrected chi connectivity index (χ0v) is 10.9. The number of anilines is 1. The molecule has 0 atom stereocenters. The predicted octanol–water partition coefficient (Wildman–Crippen LogP) is 1.66. The van der Waals surface area contributed by atoms with Gasteiger partial charge in [0.1, 0.15) is 6.07 Å². The Morgan fingerprint density at radius 3 is 2.68 bits per heavy atom. The summed E-state index contributed by atoms with van der Waals surface area (Å²) in [4.78, 5) is 14.5. The van der Waals surface area contributed by atoms with Gasteiger partial charge in [-0.25, -0.2) is 0 Å². The summed E-state index contributed by atoms with van der Waals surface area (Å²) in [5.41, 5.74) is 1.17. The first kappa shape index (κ1) is 12.2. The number of nitrogens with one attached hydrogen (secondary N) is 1. The highest BCUT2D eigenvalue weighted by molar-refractivity contribution is 6.00. The number of nitrogens with zero attached hydrogens (tertiary/aromatic N) is 2. The Kier molecular flexibility index (Phi) is 3.00. The Labute approximate surface area is 113 Å². The summed E-state index contributed by atoms with van der Waals surface area (Å²) in [5, 5.41) is 12.5. The molecule has 0 unspecified atom stereocenters. The molecule has 3 rings (SSSR count). The lowest BCUT2D eigenvalue weighted by atomic mass is 9.77. The predicted molar refractivity (Wildman–Crippen MR) is 72.7 cm³/mol. The molecule has 0 aromatic heterocycles. The molecule has 1 N–H and O–H groups in total. The molecule has 2 aliphatic heterocycles. The molecule has 19 heavy (non-hydrogen) atoms. The van der Waals surface area contributed by atoms with E-state index in [1.165, 1.54) is 0 Å². The van der Waals surface area contributed by atoms with E-state index in [-0.39, 0.29) is 11.3 Å². The highest BCUT2D eigenvalue weighted by atomic mass is 16.2. The first-order valence-corrected chi connectivity index (χ1v) is 6.79. The smallest absolute Gasteiger partial charge is 0.233 e. The number of amides is 1. The van der Waals surface area contributed by atoms with E-state index in [1.807, 2.05) is 23.1 Å². The van der Waals surface area contributed by atoms with Gasteiger partial charge in [-0.2, -0.15) is 5.26 Å². The standard InChI is InChI=1S/C15H17N3O/c16-11-12-3-1-2-4-13(12)18-10-7-15(14(18)19)5-8-17-9-6-15/h1-4,17H,5-10H2. The molecule has 1 amide bonds. The van der Waals surface area contributed by atoms with Crippen LogP contribution in [-0.4, -0.2) is 25.5 Å². The van der Waals surface area contributed by atoms with Crippen LogP contribution in [0.1, 0.15) is 24.8 Å². The van der Waals surface area contributed by atoms with E-state index in [0.717, 1.165) is 44.6 Å². The maximum absolute atomic E-state index is 12.7. The third-order valence-electron chi connectivity index (χ3n) is 4.39. The van der Waals surface area contributed by atoms with Crippen LogP contribution < -0.4 is 10.2 Å². The van der Waals surface area contributed by atoms with Gasteiger partial charge in [-0.1, -0.05) is 12.1 Å². The van der Waals surface area contributed by atoms with E-state index >= 15 is 0 Å². The van der Waals surface area contributed by atoms with Crippen LogP contribution >= 0.6 is 0 Å². The summed E-state index contributed by atoms with van der Waals surface area (Å²) in [6.45, 7) is 2.57. The van der Waals surface area contributed by atoms with E-state index < -0.39 is 0 Å². The number of benzene rings is 1. The van der Waals surface area contributed by atoms with E-state index in [9.17, 15) is 4.79 Å². The van der Waals surface area contributed by atoms with Crippen LogP contribution in [0.15, 0.2) is 24.3 Å². The van der Waals surface area contributed by atoms with Gasteiger partial charge in [0.15, 0.2) is 0 Å². The van der Waals surface area contributed by atoms with Crippen LogP contribution in [0, 0.1) is 16.7 Å². The van der Waals surface area contributed by atoms with Crippen molar-refractivity contribution in [1.29, 1.82) is 5.26 Å². The van der Waals surface area contributed by atoms with Gasteiger partial charge in [0.05, 0.1) is 16.7 Å². The first-order chi connectivity index (χ1) is 9.27. The number of rotatable bonds is 1. The zero-order valence-electron chi connectivity index (χ0n) is 10.9. The highest BCUT2D eigenvalue weighted by Gasteiger charge is 2.47. The summed E-state index contributed by atoms with van der Waals surface area (Å²) in [7, 11) is 0. The van der Waals surface area contributed by atoms with Crippen molar-refractivity contribution in [3.05, 3.63) is 29.8 Å². The molecule has 1 aromatic carbocycles. The number of hydrogen-bond donors (Lipinski definition) is 1. The molecule has 2 heterocycles. The monoisotopic (exact) mass is 255 g/mol. The molecular weight excluding hydrogens is 238 g/mol. The van der Waals surface area contributed by atoms with Crippen molar-refractivity contribution < 1.29 is 4.79 Å². The summed E-state index contributed by atoms with van der Waals surface area (Å²) >= 11 is 0. The molecule has 2 saturated heterocycles. The fraction of sp³-hybridized carbons (Fsp3) is 0.467. The van der Waals surface area contributed by atoms with E-state index in [4.69, 9.17) is 5.26 Å². The number of piperidine rings is 1. The summed E-state index contributed by atoms with van der Waals surface area (Å²) in [6, 6.07) is 9.55. The van der Waals surface area contributed by atoms with Gasteiger partial charge >= 0.3 is 0 Å². The maximum atomic E-state index is 12.7. The van der Waals surface area contributed by atoms with Gasteiger partial charge in [0, 0.05) is 6.54 Å². The van der Waals surface area contributed by atoms with Gasteiger partial charge in [-0.15, -0.1) is 0 Å². The van der Waals surface area contributed by atoms with Gasteiger partial charge in [0.25, 0.3) is 0 Å². The minimum Gasteiger partial charge on any atom is -0.317 e. The molecule has 4 heteroatoms. The topological polar surface area (TPSA) is 56.1 Å². The van der Waals surface area contributed by atoms with Crippen molar-refractivity contribution in [1.82, 2.24) is 5.32 Å². The molecule has 4 nitrogen and oxygen atoms in total. The van der Waals surface area contributed by atoms with Gasteiger partial charge in [-0.3, -0.25) is 4.79 Å². The van der Waals surface area contributed by atoms with Crippen LogP contribution in [0.3, 0.4) is 0 Å². The molecule has 98 valence electrons. The van der Waals surface area contributed by atoms with Crippen molar-refractivity contribution in [3.63, 3.8) is 0 Å². The van der Waals surface area contributed by atoms with Crippen LogP contribution in [-0.2, 0) is 4.79 Å². The van der Waals surface area contributed by atoms with Crippen LogP contribution in [0.2, 0.25) is 0 Å². The van der Waals surface area contributed by atoms with Crippen molar-refractivity contribution in [2.75, 3.05) is 24.5 Å². The average molecular weight is 255 g/mol. The second-order valence-corrected chi connectivity index (χ2v) is 5.37. The highest BCUT2D eigenvalue weighted by Crippen LogP contribution is 2.42. The van der Waals surface area contributed by atoms with Crippen LogP contribution in [0.4, 0.5) is 5.69 Å². The molecule has 1 spiro atoms. The number of para-hydroxylation sites is 1. The van der Waals surface area contributed by atoms with Gasteiger partial charge in [0.2, 0.25) is 5.91 Å². The maximum Gasteiger partial charge on any atom is 0.233 e.